The predicted octanol–water partition coefficient (Wildman–Crippen LogP) is 3.20. The van der Waals surface area contributed by atoms with Gasteiger partial charge in [-0.1, -0.05) is 72.8 Å². The normalized spacial score (nSPS) is 13.9. The van der Waals surface area contributed by atoms with Gasteiger partial charge in [0, 0.05) is 38.6 Å². The largest absolute Gasteiger partial charge is 0.396 e. The minimum absolute atomic E-state index is 0.0302. The van der Waals surface area contributed by atoms with Crippen molar-refractivity contribution < 1.29 is 23.1 Å². The van der Waals surface area contributed by atoms with Crippen LogP contribution in [0.4, 0.5) is 0 Å². The number of sulfonamides is 1. The van der Waals surface area contributed by atoms with E-state index in [2.05, 4.69) is 10.0 Å². The number of aliphatic hydroxyl groups excluding tert-OH is 1. The lowest BCUT2D eigenvalue weighted by atomic mass is 10.0. The van der Waals surface area contributed by atoms with Crippen molar-refractivity contribution in [1.82, 2.24) is 14.9 Å². The summed E-state index contributed by atoms with van der Waals surface area (Å²) in [6, 6.07) is 25.1. The zero-order valence-electron chi connectivity index (χ0n) is 22.5. The molecule has 3 N–H and O–H groups in total. The highest BCUT2D eigenvalue weighted by Gasteiger charge is 2.30. The van der Waals surface area contributed by atoms with Crippen molar-refractivity contribution in [2.45, 2.75) is 62.0 Å². The molecule has 0 heterocycles. The molecule has 0 spiro atoms. The Balaban J connectivity index is 1.51. The fourth-order valence-corrected chi connectivity index (χ4v) is 5.77. The summed E-state index contributed by atoms with van der Waals surface area (Å²) in [7, 11) is -3.54. The summed E-state index contributed by atoms with van der Waals surface area (Å²) >= 11 is 0. The summed E-state index contributed by atoms with van der Waals surface area (Å²) in [4.78, 5) is 29.0. The maximum absolute atomic E-state index is 13.7. The summed E-state index contributed by atoms with van der Waals surface area (Å²) < 4.78 is 27.6. The van der Waals surface area contributed by atoms with Crippen molar-refractivity contribution in [3.8, 4) is 0 Å². The van der Waals surface area contributed by atoms with E-state index in [-0.39, 0.29) is 42.3 Å². The minimum atomic E-state index is -3.54. The molecule has 0 radical (unpaired) electrons. The van der Waals surface area contributed by atoms with Crippen LogP contribution in [0.25, 0.3) is 0 Å². The lowest BCUT2D eigenvalue weighted by Gasteiger charge is -2.31. The van der Waals surface area contributed by atoms with Crippen LogP contribution in [0.15, 0.2) is 89.8 Å². The highest BCUT2D eigenvalue weighted by molar-refractivity contribution is 7.89. The maximum atomic E-state index is 13.7. The molecule has 9 heteroatoms. The van der Waals surface area contributed by atoms with E-state index in [1.54, 1.807) is 29.2 Å². The lowest BCUT2D eigenvalue weighted by molar-refractivity contribution is -0.141. The van der Waals surface area contributed by atoms with Crippen LogP contribution >= 0.6 is 0 Å². The molecular formula is C31H37N3O5S. The van der Waals surface area contributed by atoms with Gasteiger partial charge in [-0.15, -0.1) is 0 Å². The van der Waals surface area contributed by atoms with Crippen molar-refractivity contribution in [2.24, 2.45) is 0 Å². The Hall–Kier alpha value is -3.53. The van der Waals surface area contributed by atoms with Gasteiger partial charge in [-0.05, 0) is 54.5 Å². The molecule has 1 unspecified atom stereocenters. The van der Waals surface area contributed by atoms with Crippen molar-refractivity contribution in [1.29, 1.82) is 0 Å². The highest BCUT2D eigenvalue weighted by Crippen LogP contribution is 2.23. The maximum Gasteiger partial charge on any atom is 0.243 e. The van der Waals surface area contributed by atoms with E-state index >= 15 is 0 Å². The van der Waals surface area contributed by atoms with Gasteiger partial charge in [0.15, 0.2) is 0 Å². The number of amides is 2. The first kappa shape index (κ1) is 29.5. The van der Waals surface area contributed by atoms with Crippen molar-refractivity contribution in [2.75, 3.05) is 13.2 Å². The van der Waals surface area contributed by atoms with Gasteiger partial charge in [0.1, 0.15) is 6.04 Å². The molecular weight excluding hydrogens is 526 g/mol. The zero-order valence-corrected chi connectivity index (χ0v) is 23.4. The van der Waals surface area contributed by atoms with Crippen molar-refractivity contribution in [3.63, 3.8) is 0 Å². The Morgan fingerprint density at radius 2 is 1.50 bits per heavy atom. The van der Waals surface area contributed by atoms with E-state index < -0.39 is 16.1 Å². The second kappa shape index (κ2) is 14.2. The number of aliphatic hydroxyl groups is 1. The number of aryl methyl sites for hydroxylation is 1. The standard InChI is InChI=1S/C31H37N3O5S/c35-21-7-20-32-31(37)29(22-25-8-3-1-4-9-25)34(23-26-10-5-2-6-11-26)30(36)19-14-24-12-17-28(18-13-24)40(38,39)33-27-15-16-27/h1-6,8-13,17-18,27,29,33,35H,7,14-16,19-23H2,(H,32,37). The van der Waals surface area contributed by atoms with Crippen LogP contribution in [0.3, 0.4) is 0 Å². The number of hydrogen-bond acceptors (Lipinski definition) is 5. The molecule has 3 aromatic rings. The third-order valence-corrected chi connectivity index (χ3v) is 8.40. The van der Waals surface area contributed by atoms with Crippen LogP contribution in [0.1, 0.15) is 42.4 Å². The number of hydrogen-bond donors (Lipinski definition) is 3. The fourth-order valence-electron chi connectivity index (χ4n) is 4.46. The van der Waals surface area contributed by atoms with Gasteiger partial charge in [0.05, 0.1) is 4.90 Å². The Bertz CT molecular complexity index is 1340. The second-order valence-corrected chi connectivity index (χ2v) is 11.8. The van der Waals surface area contributed by atoms with E-state index in [0.29, 0.717) is 25.8 Å². The summed E-state index contributed by atoms with van der Waals surface area (Å²) in [5, 5.41) is 12.1. The average Bonchev–Trinajstić information content (AvgIpc) is 3.78. The molecule has 4 rings (SSSR count). The molecule has 1 saturated carbocycles. The first-order valence-corrected chi connectivity index (χ1v) is 15.2. The van der Waals surface area contributed by atoms with E-state index in [1.165, 1.54) is 0 Å². The van der Waals surface area contributed by atoms with Gasteiger partial charge in [0.25, 0.3) is 0 Å². The first-order chi connectivity index (χ1) is 19.4. The van der Waals surface area contributed by atoms with Crippen LogP contribution in [-0.4, -0.2) is 55.5 Å². The van der Waals surface area contributed by atoms with Crippen molar-refractivity contribution >= 4 is 21.8 Å². The van der Waals surface area contributed by atoms with Gasteiger partial charge in [-0.25, -0.2) is 13.1 Å². The van der Waals surface area contributed by atoms with Crippen LogP contribution < -0.4 is 10.0 Å². The predicted molar refractivity (Wildman–Crippen MR) is 154 cm³/mol. The number of rotatable bonds is 15. The van der Waals surface area contributed by atoms with Crippen LogP contribution in [-0.2, 0) is 39.0 Å². The molecule has 40 heavy (non-hydrogen) atoms. The van der Waals surface area contributed by atoms with Gasteiger partial charge in [-0.2, -0.15) is 0 Å². The lowest BCUT2D eigenvalue weighted by Crippen LogP contribution is -2.50. The molecule has 212 valence electrons. The highest BCUT2D eigenvalue weighted by atomic mass is 32.2. The van der Waals surface area contributed by atoms with Gasteiger partial charge < -0.3 is 15.3 Å². The number of benzene rings is 3. The molecule has 0 aromatic heterocycles. The Labute approximate surface area is 236 Å². The Kier molecular flexibility index (Phi) is 10.5. The monoisotopic (exact) mass is 563 g/mol. The van der Waals surface area contributed by atoms with Crippen LogP contribution in [0.2, 0.25) is 0 Å². The molecule has 1 atom stereocenters. The van der Waals surface area contributed by atoms with E-state index in [1.807, 2.05) is 60.7 Å². The third kappa shape index (κ3) is 8.74. The SMILES string of the molecule is O=C(NCCCO)C(Cc1ccccc1)N(Cc1ccccc1)C(=O)CCc1ccc(S(=O)(=O)NC2CC2)cc1. The molecule has 1 aliphatic carbocycles. The average molecular weight is 564 g/mol. The number of nitrogens with zero attached hydrogens (tertiary/aromatic N) is 1. The van der Waals surface area contributed by atoms with E-state index in [0.717, 1.165) is 29.5 Å². The number of carbonyl (C=O) groups excluding carboxylic acids is 2. The van der Waals surface area contributed by atoms with Crippen LogP contribution in [0, 0.1) is 0 Å². The minimum Gasteiger partial charge on any atom is -0.396 e. The van der Waals surface area contributed by atoms with Crippen molar-refractivity contribution in [3.05, 3.63) is 102 Å². The molecule has 2 amide bonds. The molecule has 0 saturated heterocycles. The second-order valence-electron chi connectivity index (χ2n) is 10.1. The molecule has 3 aromatic carbocycles. The zero-order chi connectivity index (χ0) is 28.4. The smallest absolute Gasteiger partial charge is 0.243 e. The molecule has 0 bridgehead atoms. The van der Waals surface area contributed by atoms with Gasteiger partial charge >= 0.3 is 0 Å². The van der Waals surface area contributed by atoms with E-state index in [9.17, 15) is 23.1 Å². The van der Waals surface area contributed by atoms with Gasteiger partial charge in [0.2, 0.25) is 21.8 Å². The number of nitrogens with one attached hydrogen (secondary N) is 2. The molecule has 1 fully saturated rings. The Morgan fingerprint density at radius 1 is 0.875 bits per heavy atom. The first-order valence-electron chi connectivity index (χ1n) is 13.7. The molecule has 0 aliphatic heterocycles. The van der Waals surface area contributed by atoms with Gasteiger partial charge in [-0.3, -0.25) is 9.59 Å². The van der Waals surface area contributed by atoms with E-state index in [4.69, 9.17) is 0 Å². The summed E-state index contributed by atoms with van der Waals surface area (Å²) in [5.41, 5.74) is 2.69. The third-order valence-electron chi connectivity index (χ3n) is 6.86. The summed E-state index contributed by atoms with van der Waals surface area (Å²) in [6.07, 6.45) is 3.08. The molecule has 1 aliphatic rings. The fraction of sp³-hybridized carbons (Fsp3) is 0.355. The molecule has 8 nitrogen and oxygen atoms in total. The Morgan fingerprint density at radius 3 is 2.10 bits per heavy atom. The quantitative estimate of drug-likeness (QED) is 0.246. The summed E-state index contributed by atoms with van der Waals surface area (Å²) in [6.45, 7) is 0.556. The topological polar surface area (TPSA) is 116 Å². The summed E-state index contributed by atoms with van der Waals surface area (Å²) in [5.74, 6) is -0.437. The number of carbonyl (C=O) groups is 2. The van der Waals surface area contributed by atoms with Crippen LogP contribution in [0.5, 0.6) is 0 Å².